The van der Waals surface area contributed by atoms with Crippen LogP contribution in [-0.4, -0.2) is 65.9 Å². The van der Waals surface area contributed by atoms with Crippen molar-refractivity contribution in [2.45, 2.75) is 24.0 Å². The number of aromatic nitrogens is 2. The fourth-order valence-electron chi connectivity index (χ4n) is 3.99. The number of likely N-dealkylation sites (tertiary alicyclic amines) is 1. The lowest BCUT2D eigenvalue weighted by molar-refractivity contribution is -0.133. The van der Waals surface area contributed by atoms with Crippen LogP contribution in [0, 0.1) is 0 Å². The van der Waals surface area contributed by atoms with Gasteiger partial charge in [0, 0.05) is 32.0 Å². The summed E-state index contributed by atoms with van der Waals surface area (Å²) in [4.78, 5) is 22.3. The van der Waals surface area contributed by atoms with E-state index in [4.69, 9.17) is 14.2 Å². The van der Waals surface area contributed by atoms with Gasteiger partial charge in [-0.05, 0) is 18.1 Å². The predicted molar refractivity (Wildman–Crippen MR) is 97.4 cm³/mol. The van der Waals surface area contributed by atoms with Crippen molar-refractivity contribution >= 4 is 5.91 Å². The molecule has 1 spiro atoms. The highest BCUT2D eigenvalue weighted by atomic mass is 16.6. The second kappa shape index (κ2) is 7.62. The molecule has 142 valence electrons. The second-order valence-electron chi connectivity index (χ2n) is 7.01. The number of carbonyl (C=O) groups is 1. The number of hydrogen-bond acceptors (Lipinski definition) is 6. The molecule has 4 rings (SSSR count). The molecule has 7 heteroatoms. The van der Waals surface area contributed by atoms with Crippen LogP contribution in [-0.2, 0) is 14.3 Å². The first kappa shape index (κ1) is 17.9. The molecule has 27 heavy (non-hydrogen) atoms. The van der Waals surface area contributed by atoms with Crippen LogP contribution < -0.4 is 4.74 Å². The Morgan fingerprint density at radius 3 is 2.78 bits per heavy atom. The largest absolute Gasteiger partial charge is 0.453 e. The number of methoxy groups -OCH3 is 1. The molecule has 2 aromatic rings. The maximum atomic E-state index is 12.6. The highest BCUT2D eigenvalue weighted by Gasteiger charge is 2.54. The van der Waals surface area contributed by atoms with Gasteiger partial charge in [-0.25, -0.2) is 9.97 Å². The first-order valence-electron chi connectivity index (χ1n) is 9.09. The molecule has 7 nitrogen and oxygen atoms in total. The van der Waals surface area contributed by atoms with E-state index in [9.17, 15) is 4.79 Å². The van der Waals surface area contributed by atoms with Gasteiger partial charge in [0.2, 0.25) is 0 Å². The van der Waals surface area contributed by atoms with Crippen LogP contribution in [0.4, 0.5) is 0 Å². The van der Waals surface area contributed by atoms with Gasteiger partial charge in [-0.2, -0.15) is 0 Å². The topological polar surface area (TPSA) is 73.8 Å². The fraction of sp³-hybridized carbons (Fsp3) is 0.450. The van der Waals surface area contributed by atoms with E-state index in [1.165, 1.54) is 5.56 Å². The Morgan fingerprint density at radius 1 is 1.26 bits per heavy atom. The maximum absolute atomic E-state index is 12.6. The number of nitrogens with zero attached hydrogens (tertiary/aromatic N) is 3. The van der Waals surface area contributed by atoms with Crippen molar-refractivity contribution in [1.29, 1.82) is 0 Å². The van der Waals surface area contributed by atoms with Gasteiger partial charge in [0.15, 0.2) is 6.61 Å². The molecule has 1 amide bonds. The Kier molecular flexibility index (Phi) is 5.05. The summed E-state index contributed by atoms with van der Waals surface area (Å²) in [5, 5.41) is 0. The molecule has 0 N–H and O–H groups in total. The second-order valence-corrected chi connectivity index (χ2v) is 7.01. The van der Waals surface area contributed by atoms with Crippen LogP contribution in [0.15, 0.2) is 48.8 Å². The summed E-state index contributed by atoms with van der Waals surface area (Å²) in [7, 11) is 1.67. The minimum atomic E-state index is -0.464. The van der Waals surface area contributed by atoms with Crippen molar-refractivity contribution in [3.8, 4) is 6.01 Å². The Labute approximate surface area is 158 Å². The molecule has 0 bridgehead atoms. The van der Waals surface area contributed by atoms with E-state index in [0.29, 0.717) is 25.6 Å². The number of amides is 1. The Bertz CT molecular complexity index is 773. The molecular formula is C20H23N3O4. The van der Waals surface area contributed by atoms with Gasteiger partial charge in [0.1, 0.15) is 11.7 Å². The van der Waals surface area contributed by atoms with Crippen molar-refractivity contribution in [2.75, 3.05) is 33.4 Å². The standard InChI is InChI=1S/C20H23N3O4/c1-25-17-11-23(18(24)13-26-19-21-8-5-9-22-19)14-20(17)10-16(12-27-20)15-6-3-2-4-7-15/h2-9,16-17H,10-14H2,1H3/t16-,17-,20-/m1/s1. The van der Waals surface area contributed by atoms with Crippen molar-refractivity contribution in [3.63, 3.8) is 0 Å². The zero-order valence-electron chi connectivity index (χ0n) is 15.3. The molecule has 2 saturated heterocycles. The van der Waals surface area contributed by atoms with E-state index in [1.54, 1.807) is 30.5 Å². The smallest absolute Gasteiger partial charge is 0.316 e. The third-order valence-corrected chi connectivity index (χ3v) is 5.37. The summed E-state index contributed by atoms with van der Waals surface area (Å²) in [6.45, 7) is 1.54. The first-order valence-corrected chi connectivity index (χ1v) is 9.09. The van der Waals surface area contributed by atoms with Crippen molar-refractivity contribution in [3.05, 3.63) is 54.4 Å². The van der Waals surface area contributed by atoms with Gasteiger partial charge >= 0.3 is 6.01 Å². The van der Waals surface area contributed by atoms with Crippen LogP contribution in [0.5, 0.6) is 6.01 Å². The van der Waals surface area contributed by atoms with E-state index in [1.807, 2.05) is 18.2 Å². The quantitative estimate of drug-likeness (QED) is 0.798. The van der Waals surface area contributed by atoms with Crippen LogP contribution in [0.25, 0.3) is 0 Å². The van der Waals surface area contributed by atoms with Gasteiger partial charge in [-0.3, -0.25) is 4.79 Å². The van der Waals surface area contributed by atoms with Crippen LogP contribution in [0.1, 0.15) is 17.9 Å². The number of hydrogen-bond donors (Lipinski definition) is 0. The molecule has 0 aliphatic carbocycles. The van der Waals surface area contributed by atoms with Gasteiger partial charge in [0.05, 0.1) is 13.2 Å². The maximum Gasteiger partial charge on any atom is 0.316 e. The zero-order valence-corrected chi connectivity index (χ0v) is 15.3. The minimum Gasteiger partial charge on any atom is -0.453 e. The fourth-order valence-corrected chi connectivity index (χ4v) is 3.99. The molecule has 0 saturated carbocycles. The Hall–Kier alpha value is -2.51. The van der Waals surface area contributed by atoms with Crippen molar-refractivity contribution < 1.29 is 19.0 Å². The summed E-state index contributed by atoms with van der Waals surface area (Å²) in [5.41, 5.74) is 0.798. The number of carbonyl (C=O) groups excluding carboxylic acids is 1. The minimum absolute atomic E-state index is 0.0986. The van der Waals surface area contributed by atoms with Gasteiger partial charge < -0.3 is 19.1 Å². The van der Waals surface area contributed by atoms with Gasteiger partial charge in [0.25, 0.3) is 5.91 Å². The van der Waals surface area contributed by atoms with Crippen molar-refractivity contribution in [1.82, 2.24) is 14.9 Å². The average molecular weight is 369 g/mol. The van der Waals surface area contributed by atoms with E-state index in [-0.39, 0.29) is 24.6 Å². The monoisotopic (exact) mass is 369 g/mol. The molecule has 1 aromatic carbocycles. The lowest BCUT2D eigenvalue weighted by Gasteiger charge is -2.28. The van der Waals surface area contributed by atoms with Crippen molar-refractivity contribution in [2.24, 2.45) is 0 Å². The molecule has 2 fully saturated rings. The lowest BCUT2D eigenvalue weighted by atomic mass is 9.87. The molecule has 2 aliphatic rings. The Balaban J connectivity index is 1.41. The third-order valence-electron chi connectivity index (χ3n) is 5.37. The summed E-state index contributed by atoms with van der Waals surface area (Å²) < 4.78 is 17.3. The normalized spacial score (nSPS) is 27.2. The summed E-state index contributed by atoms with van der Waals surface area (Å²) in [6, 6.07) is 12.2. The molecule has 0 radical (unpaired) electrons. The van der Waals surface area contributed by atoms with E-state index < -0.39 is 5.60 Å². The summed E-state index contributed by atoms with van der Waals surface area (Å²) in [5.74, 6) is 0.195. The lowest BCUT2D eigenvalue weighted by Crippen LogP contribution is -2.42. The number of benzene rings is 1. The van der Waals surface area contributed by atoms with Crippen LogP contribution >= 0.6 is 0 Å². The van der Waals surface area contributed by atoms with Crippen LogP contribution in [0.3, 0.4) is 0 Å². The molecule has 2 aliphatic heterocycles. The zero-order chi connectivity index (χ0) is 18.7. The predicted octanol–water partition coefficient (Wildman–Crippen LogP) is 1.66. The molecule has 0 unspecified atom stereocenters. The molecule has 3 heterocycles. The molecular weight excluding hydrogens is 346 g/mol. The SMILES string of the molecule is CO[C@@H]1CN(C(=O)COc2ncccn2)C[C@]12C[C@@H](c1ccccc1)CO2. The summed E-state index contributed by atoms with van der Waals surface area (Å²) in [6.07, 6.45) is 3.84. The number of rotatable bonds is 5. The average Bonchev–Trinajstić information content (AvgIpc) is 3.32. The van der Waals surface area contributed by atoms with E-state index in [0.717, 1.165) is 6.42 Å². The molecule has 1 aromatic heterocycles. The number of ether oxygens (including phenoxy) is 3. The van der Waals surface area contributed by atoms with Gasteiger partial charge in [-0.15, -0.1) is 0 Å². The van der Waals surface area contributed by atoms with Crippen LogP contribution in [0.2, 0.25) is 0 Å². The first-order chi connectivity index (χ1) is 13.2. The van der Waals surface area contributed by atoms with E-state index in [2.05, 4.69) is 22.1 Å². The Morgan fingerprint density at radius 2 is 2.04 bits per heavy atom. The van der Waals surface area contributed by atoms with E-state index >= 15 is 0 Å². The third kappa shape index (κ3) is 3.65. The highest BCUT2D eigenvalue weighted by molar-refractivity contribution is 5.78. The molecule has 3 atom stereocenters. The van der Waals surface area contributed by atoms with Gasteiger partial charge in [-0.1, -0.05) is 30.3 Å². The summed E-state index contributed by atoms with van der Waals surface area (Å²) >= 11 is 0. The highest BCUT2D eigenvalue weighted by Crippen LogP contribution is 2.43.